The molecule has 1 aromatic carbocycles. The summed E-state index contributed by atoms with van der Waals surface area (Å²) in [5.41, 5.74) is 1.04. The van der Waals surface area contributed by atoms with Gasteiger partial charge < -0.3 is 14.8 Å². The van der Waals surface area contributed by atoms with E-state index < -0.39 is 0 Å². The zero-order chi connectivity index (χ0) is 13.8. The third kappa shape index (κ3) is 2.88. The van der Waals surface area contributed by atoms with Gasteiger partial charge in [0.25, 0.3) is 5.88 Å². The first kappa shape index (κ1) is 13.4. The Bertz CT molecular complexity index is 590. The van der Waals surface area contributed by atoms with Crippen LogP contribution in [-0.4, -0.2) is 24.1 Å². The maximum Gasteiger partial charge on any atom is 0.268 e. The van der Waals surface area contributed by atoms with Crippen molar-refractivity contribution in [1.29, 1.82) is 0 Å². The number of benzene rings is 1. The lowest BCUT2D eigenvalue weighted by Crippen LogP contribution is -2.01. The van der Waals surface area contributed by atoms with Crippen LogP contribution in [0.1, 0.15) is 5.56 Å². The van der Waals surface area contributed by atoms with Gasteiger partial charge in [0.15, 0.2) is 5.82 Å². The molecule has 0 aliphatic heterocycles. The van der Waals surface area contributed by atoms with Crippen LogP contribution in [0.15, 0.2) is 24.5 Å². The molecule has 0 spiro atoms. The van der Waals surface area contributed by atoms with Gasteiger partial charge in [0, 0.05) is 7.05 Å². The smallest absolute Gasteiger partial charge is 0.268 e. The van der Waals surface area contributed by atoms with E-state index >= 15 is 0 Å². The van der Waals surface area contributed by atoms with Crippen LogP contribution < -0.4 is 14.8 Å². The van der Waals surface area contributed by atoms with Gasteiger partial charge in [-0.25, -0.2) is 4.98 Å². The van der Waals surface area contributed by atoms with Gasteiger partial charge in [0.05, 0.1) is 12.1 Å². The first-order valence-corrected chi connectivity index (χ1v) is 6.04. The van der Waals surface area contributed by atoms with Gasteiger partial charge in [-0.1, -0.05) is 17.7 Å². The number of rotatable bonds is 4. The zero-order valence-corrected chi connectivity index (χ0v) is 11.7. The summed E-state index contributed by atoms with van der Waals surface area (Å²) in [6.07, 6.45) is 1.40. The number of aromatic nitrogens is 2. The summed E-state index contributed by atoms with van der Waals surface area (Å²) in [5, 5.41) is 3.42. The van der Waals surface area contributed by atoms with Crippen LogP contribution in [-0.2, 0) is 0 Å². The van der Waals surface area contributed by atoms with E-state index in [9.17, 15) is 0 Å². The first-order valence-electron chi connectivity index (χ1n) is 5.66. The van der Waals surface area contributed by atoms with Crippen LogP contribution in [0.25, 0.3) is 0 Å². The lowest BCUT2D eigenvalue weighted by atomic mass is 10.2. The molecule has 6 heteroatoms. The summed E-state index contributed by atoms with van der Waals surface area (Å²) in [7, 11) is 3.28. The van der Waals surface area contributed by atoms with Crippen LogP contribution in [0, 0.1) is 6.92 Å². The largest absolute Gasteiger partial charge is 0.489 e. The lowest BCUT2D eigenvalue weighted by Gasteiger charge is -2.12. The monoisotopic (exact) mass is 279 g/mol. The Hall–Kier alpha value is -2.01. The van der Waals surface area contributed by atoms with Gasteiger partial charge in [-0.2, -0.15) is 4.98 Å². The minimum atomic E-state index is 0.314. The molecule has 1 aromatic heterocycles. The number of nitrogens with zero attached hydrogens (tertiary/aromatic N) is 2. The second-order valence-electron chi connectivity index (χ2n) is 3.85. The average molecular weight is 280 g/mol. The molecule has 100 valence electrons. The van der Waals surface area contributed by atoms with Gasteiger partial charge in [0.1, 0.15) is 12.1 Å². The highest BCUT2D eigenvalue weighted by Crippen LogP contribution is 2.36. The van der Waals surface area contributed by atoms with Crippen molar-refractivity contribution in [2.24, 2.45) is 0 Å². The van der Waals surface area contributed by atoms with E-state index in [1.807, 2.05) is 19.1 Å². The maximum atomic E-state index is 6.09. The van der Waals surface area contributed by atoms with E-state index in [0.717, 1.165) is 5.56 Å². The molecule has 2 aromatic rings. The molecule has 0 bridgehead atoms. The number of methoxy groups -OCH3 is 1. The summed E-state index contributed by atoms with van der Waals surface area (Å²) in [6, 6.07) is 5.52. The molecule has 2 rings (SSSR count). The molecule has 1 N–H and O–H groups in total. The van der Waals surface area contributed by atoms with Crippen LogP contribution in [0.4, 0.5) is 5.82 Å². The van der Waals surface area contributed by atoms with Gasteiger partial charge in [0.2, 0.25) is 5.75 Å². The van der Waals surface area contributed by atoms with E-state index in [-0.39, 0.29) is 0 Å². The lowest BCUT2D eigenvalue weighted by molar-refractivity contribution is 0.369. The molecule has 0 aliphatic carbocycles. The molecule has 0 radical (unpaired) electrons. The SMILES string of the molecule is CNc1ncnc(Oc2cc(C)ccc2Cl)c1OC. The molecule has 0 saturated carbocycles. The van der Waals surface area contributed by atoms with E-state index in [4.69, 9.17) is 21.1 Å². The van der Waals surface area contributed by atoms with Crippen LogP contribution in [0.2, 0.25) is 5.02 Å². The topological polar surface area (TPSA) is 56.3 Å². The third-order valence-corrected chi connectivity index (χ3v) is 2.82. The summed E-state index contributed by atoms with van der Waals surface area (Å²) < 4.78 is 11.0. The highest BCUT2D eigenvalue weighted by Gasteiger charge is 2.14. The molecule has 0 aliphatic rings. The summed E-state index contributed by atoms with van der Waals surface area (Å²) >= 11 is 6.09. The molecular weight excluding hydrogens is 266 g/mol. The van der Waals surface area contributed by atoms with Crippen molar-refractivity contribution in [3.63, 3.8) is 0 Å². The Balaban J connectivity index is 2.40. The normalized spacial score (nSPS) is 10.1. The van der Waals surface area contributed by atoms with E-state index in [2.05, 4.69) is 15.3 Å². The second-order valence-corrected chi connectivity index (χ2v) is 4.25. The fraction of sp³-hybridized carbons (Fsp3) is 0.231. The van der Waals surface area contributed by atoms with Gasteiger partial charge in [-0.05, 0) is 24.6 Å². The number of halogens is 1. The third-order valence-electron chi connectivity index (χ3n) is 2.51. The molecular formula is C13H14ClN3O2. The van der Waals surface area contributed by atoms with E-state index in [1.165, 1.54) is 13.4 Å². The van der Waals surface area contributed by atoms with Crippen molar-refractivity contribution in [2.45, 2.75) is 6.92 Å². The van der Waals surface area contributed by atoms with Crippen LogP contribution >= 0.6 is 11.6 Å². The van der Waals surface area contributed by atoms with Crippen LogP contribution in [0.3, 0.4) is 0 Å². The Morgan fingerprint density at radius 1 is 1.26 bits per heavy atom. The number of hydrogen-bond donors (Lipinski definition) is 1. The number of ether oxygens (including phenoxy) is 2. The predicted octanol–water partition coefficient (Wildman–Crippen LogP) is 3.28. The molecule has 5 nitrogen and oxygen atoms in total. The Morgan fingerprint density at radius 3 is 2.74 bits per heavy atom. The fourth-order valence-electron chi connectivity index (χ4n) is 1.59. The van der Waals surface area contributed by atoms with Crippen molar-refractivity contribution in [1.82, 2.24) is 9.97 Å². The maximum absolute atomic E-state index is 6.09. The fourth-order valence-corrected chi connectivity index (χ4v) is 1.74. The molecule has 1 heterocycles. The zero-order valence-electron chi connectivity index (χ0n) is 10.9. The molecule has 0 amide bonds. The Morgan fingerprint density at radius 2 is 2.05 bits per heavy atom. The Labute approximate surface area is 116 Å². The van der Waals surface area contributed by atoms with Crippen molar-refractivity contribution >= 4 is 17.4 Å². The Kier molecular flexibility index (Phi) is 4.06. The number of aryl methyl sites for hydroxylation is 1. The van der Waals surface area contributed by atoms with Gasteiger partial charge >= 0.3 is 0 Å². The van der Waals surface area contributed by atoms with Crippen molar-refractivity contribution in [3.8, 4) is 17.4 Å². The van der Waals surface area contributed by atoms with Gasteiger partial charge in [-0.3, -0.25) is 0 Å². The number of anilines is 1. The standard InChI is InChI=1S/C13H14ClN3O2/c1-8-4-5-9(14)10(6-8)19-13-11(18-3)12(15-2)16-7-17-13/h4-7H,1-3H3,(H,15,16,17). The quantitative estimate of drug-likeness (QED) is 0.931. The highest BCUT2D eigenvalue weighted by molar-refractivity contribution is 6.32. The molecule has 0 atom stereocenters. The number of nitrogens with one attached hydrogen (secondary N) is 1. The van der Waals surface area contributed by atoms with E-state index in [0.29, 0.717) is 28.2 Å². The summed E-state index contributed by atoms with van der Waals surface area (Å²) in [6.45, 7) is 1.96. The average Bonchev–Trinajstić information content (AvgIpc) is 2.42. The van der Waals surface area contributed by atoms with Crippen molar-refractivity contribution in [3.05, 3.63) is 35.1 Å². The minimum Gasteiger partial charge on any atom is -0.489 e. The second kappa shape index (κ2) is 5.75. The predicted molar refractivity (Wildman–Crippen MR) is 74.4 cm³/mol. The molecule has 0 fully saturated rings. The highest BCUT2D eigenvalue weighted by atomic mass is 35.5. The van der Waals surface area contributed by atoms with Crippen molar-refractivity contribution < 1.29 is 9.47 Å². The number of hydrogen-bond acceptors (Lipinski definition) is 5. The molecule has 0 unspecified atom stereocenters. The van der Waals surface area contributed by atoms with Gasteiger partial charge in [-0.15, -0.1) is 0 Å². The molecule has 0 saturated heterocycles. The van der Waals surface area contributed by atoms with Crippen molar-refractivity contribution in [2.75, 3.05) is 19.5 Å². The van der Waals surface area contributed by atoms with E-state index in [1.54, 1.807) is 13.1 Å². The minimum absolute atomic E-state index is 0.314. The summed E-state index contributed by atoms with van der Waals surface area (Å²) in [5.74, 6) is 1.83. The summed E-state index contributed by atoms with van der Waals surface area (Å²) in [4.78, 5) is 8.12. The molecule has 19 heavy (non-hydrogen) atoms. The first-order chi connectivity index (χ1) is 9.15. The van der Waals surface area contributed by atoms with Crippen LogP contribution in [0.5, 0.6) is 17.4 Å².